The summed E-state index contributed by atoms with van der Waals surface area (Å²) in [7, 11) is 2.03. The Kier molecular flexibility index (Phi) is 11.1. The van der Waals surface area contributed by atoms with E-state index in [-0.39, 0.29) is 37.0 Å². The van der Waals surface area contributed by atoms with Crippen LogP contribution in [0, 0.1) is 11.7 Å². The van der Waals surface area contributed by atoms with Crippen molar-refractivity contribution in [3.8, 4) is 17.2 Å². The van der Waals surface area contributed by atoms with Crippen LogP contribution in [-0.4, -0.2) is 65.7 Å². The Bertz CT molecular complexity index is 1640. The van der Waals surface area contributed by atoms with Crippen LogP contribution < -0.4 is 20.1 Å². The third-order valence-corrected chi connectivity index (χ3v) is 8.12. The number of amides is 3. The Morgan fingerprint density at radius 1 is 1.00 bits per heavy atom. The van der Waals surface area contributed by atoms with Gasteiger partial charge in [0.1, 0.15) is 29.2 Å². The van der Waals surface area contributed by atoms with Gasteiger partial charge in [-0.25, -0.2) is 9.18 Å². The molecule has 0 saturated heterocycles. The Hall–Kier alpha value is -4.93. The molecule has 0 fully saturated rings. The zero-order valence-electron chi connectivity index (χ0n) is 26.9. The van der Waals surface area contributed by atoms with E-state index in [1.165, 1.54) is 24.3 Å². The second-order valence-corrected chi connectivity index (χ2v) is 12.1. The van der Waals surface area contributed by atoms with E-state index in [2.05, 4.69) is 22.5 Å². The number of hydrogen-bond donors (Lipinski definition) is 3. The van der Waals surface area contributed by atoms with Crippen molar-refractivity contribution in [1.29, 1.82) is 0 Å². The number of carbonyl (C=O) groups excluding carboxylic acids is 2. The highest BCUT2D eigenvalue weighted by Gasteiger charge is 2.31. The zero-order chi connectivity index (χ0) is 33.3. The number of likely N-dealkylation sites (N-methyl/N-ethyl adjacent to an activating group) is 1. The molecule has 4 aromatic carbocycles. The molecule has 1 aliphatic heterocycles. The Balaban J connectivity index is 1.30. The van der Waals surface area contributed by atoms with E-state index >= 15 is 0 Å². The third kappa shape index (κ3) is 9.31. The van der Waals surface area contributed by atoms with Crippen LogP contribution in [0.15, 0.2) is 97.1 Å². The number of anilines is 2. The van der Waals surface area contributed by atoms with Gasteiger partial charge in [-0.2, -0.15) is 0 Å². The first-order valence-electron chi connectivity index (χ1n) is 15.7. The van der Waals surface area contributed by atoms with Crippen molar-refractivity contribution in [2.45, 2.75) is 39.0 Å². The lowest BCUT2D eigenvalue weighted by atomic mass is 10.0. The lowest BCUT2D eigenvalue weighted by molar-refractivity contribution is -0.134. The standard InChI is InChI=1S/C37H41FN4O5/c1-25-21-42(26(2)24-43)36(44)20-28-19-31(40-37(45)39-30-13-11-29(38)12-14-30)15-18-34(28)47-35(25)23-41(3)22-27-9-16-33(17-10-27)46-32-7-5-4-6-8-32/h4-19,25-26,35,43H,20-24H2,1-3H3,(H2,39,40,45)/t25-,26+,35+/m1/s1. The molecule has 0 aromatic heterocycles. The second-order valence-electron chi connectivity index (χ2n) is 12.1. The number of nitrogens with zero attached hydrogens (tertiary/aromatic N) is 2. The van der Waals surface area contributed by atoms with Crippen molar-refractivity contribution >= 4 is 23.3 Å². The maximum absolute atomic E-state index is 13.6. The fourth-order valence-corrected chi connectivity index (χ4v) is 5.52. The Morgan fingerprint density at radius 2 is 1.66 bits per heavy atom. The van der Waals surface area contributed by atoms with Gasteiger partial charge in [0.15, 0.2) is 0 Å². The predicted molar refractivity (Wildman–Crippen MR) is 180 cm³/mol. The summed E-state index contributed by atoms with van der Waals surface area (Å²) in [6.07, 6.45) is -0.235. The van der Waals surface area contributed by atoms with Crippen molar-refractivity contribution in [2.75, 3.05) is 37.4 Å². The van der Waals surface area contributed by atoms with Gasteiger partial charge in [-0.1, -0.05) is 37.3 Å². The molecule has 3 atom stereocenters. The van der Waals surface area contributed by atoms with E-state index in [0.29, 0.717) is 42.3 Å². The van der Waals surface area contributed by atoms with E-state index in [9.17, 15) is 19.1 Å². The van der Waals surface area contributed by atoms with Gasteiger partial charge < -0.3 is 30.1 Å². The molecule has 47 heavy (non-hydrogen) atoms. The smallest absolute Gasteiger partial charge is 0.323 e. The summed E-state index contributed by atoms with van der Waals surface area (Å²) in [5, 5.41) is 15.4. The minimum Gasteiger partial charge on any atom is -0.488 e. The van der Waals surface area contributed by atoms with Crippen LogP contribution in [0.5, 0.6) is 17.2 Å². The lowest BCUT2D eigenvalue weighted by Crippen LogP contribution is -2.47. The second kappa shape index (κ2) is 15.6. The van der Waals surface area contributed by atoms with Crippen LogP contribution in [0.1, 0.15) is 25.0 Å². The molecule has 246 valence electrons. The van der Waals surface area contributed by atoms with Crippen LogP contribution in [0.2, 0.25) is 0 Å². The topological polar surface area (TPSA) is 103 Å². The van der Waals surface area contributed by atoms with Crippen molar-refractivity contribution in [3.05, 3.63) is 114 Å². The summed E-state index contributed by atoms with van der Waals surface area (Å²) in [4.78, 5) is 30.1. The van der Waals surface area contributed by atoms with E-state index in [4.69, 9.17) is 9.47 Å². The number of halogens is 1. The highest BCUT2D eigenvalue weighted by Crippen LogP contribution is 2.30. The van der Waals surface area contributed by atoms with Gasteiger partial charge in [-0.3, -0.25) is 9.69 Å². The van der Waals surface area contributed by atoms with E-state index in [1.54, 1.807) is 23.1 Å². The van der Waals surface area contributed by atoms with E-state index in [1.807, 2.05) is 68.6 Å². The molecular formula is C37H41FN4O5. The molecule has 0 spiro atoms. The number of benzene rings is 4. The lowest BCUT2D eigenvalue weighted by Gasteiger charge is -2.34. The summed E-state index contributed by atoms with van der Waals surface area (Å²) in [6, 6.07) is 27.5. The number of nitrogens with one attached hydrogen (secondary N) is 2. The molecule has 0 saturated carbocycles. The van der Waals surface area contributed by atoms with Crippen molar-refractivity contribution in [3.63, 3.8) is 0 Å². The monoisotopic (exact) mass is 640 g/mol. The number of aliphatic hydroxyl groups is 1. The first-order valence-corrected chi connectivity index (χ1v) is 15.7. The highest BCUT2D eigenvalue weighted by atomic mass is 19.1. The molecule has 0 radical (unpaired) electrons. The van der Waals surface area contributed by atoms with Crippen molar-refractivity contribution in [2.24, 2.45) is 5.92 Å². The average molecular weight is 641 g/mol. The number of urea groups is 1. The molecule has 3 N–H and O–H groups in total. The first kappa shape index (κ1) is 33.4. The minimum absolute atomic E-state index is 0.0431. The van der Waals surface area contributed by atoms with Crippen LogP contribution >= 0.6 is 0 Å². The van der Waals surface area contributed by atoms with Gasteiger partial charge in [0, 0.05) is 42.5 Å². The number of hydrogen-bond acceptors (Lipinski definition) is 6. The van der Waals surface area contributed by atoms with Gasteiger partial charge in [0.05, 0.1) is 19.1 Å². The fraction of sp³-hybridized carbons (Fsp3) is 0.297. The summed E-state index contributed by atoms with van der Waals surface area (Å²) >= 11 is 0. The van der Waals surface area contributed by atoms with Crippen molar-refractivity contribution < 1.29 is 28.6 Å². The molecule has 3 amide bonds. The predicted octanol–water partition coefficient (Wildman–Crippen LogP) is 6.54. The number of aliphatic hydroxyl groups excluding tert-OH is 1. The molecule has 1 aliphatic rings. The molecule has 0 bridgehead atoms. The largest absolute Gasteiger partial charge is 0.488 e. The zero-order valence-corrected chi connectivity index (χ0v) is 26.9. The number of ether oxygens (including phenoxy) is 2. The third-order valence-electron chi connectivity index (χ3n) is 8.12. The van der Waals surface area contributed by atoms with Crippen molar-refractivity contribution in [1.82, 2.24) is 9.80 Å². The maximum atomic E-state index is 13.6. The van der Waals surface area contributed by atoms with E-state index < -0.39 is 11.8 Å². The van der Waals surface area contributed by atoms with Crippen LogP contribution in [0.4, 0.5) is 20.6 Å². The Labute approximate surface area is 274 Å². The molecule has 0 unspecified atom stereocenters. The van der Waals surface area contributed by atoms with Crippen LogP contribution in [0.3, 0.4) is 0 Å². The number of fused-ring (bicyclic) bond motifs is 1. The van der Waals surface area contributed by atoms with Gasteiger partial charge in [-0.15, -0.1) is 0 Å². The molecule has 0 aliphatic carbocycles. The normalized spacial score (nSPS) is 17.1. The fourth-order valence-electron chi connectivity index (χ4n) is 5.52. The molecule has 4 aromatic rings. The summed E-state index contributed by atoms with van der Waals surface area (Å²) in [5.41, 5.74) is 2.66. The first-order chi connectivity index (χ1) is 22.7. The van der Waals surface area contributed by atoms with Crippen LogP contribution in [0.25, 0.3) is 0 Å². The maximum Gasteiger partial charge on any atom is 0.323 e. The number of rotatable bonds is 10. The van der Waals surface area contributed by atoms with Crippen LogP contribution in [-0.2, 0) is 17.8 Å². The number of para-hydroxylation sites is 1. The SMILES string of the molecule is C[C@@H]1CN([C@@H](C)CO)C(=O)Cc2cc(NC(=O)Nc3ccc(F)cc3)ccc2O[C@H]1CN(C)Cc1ccc(Oc2ccccc2)cc1. The summed E-state index contributed by atoms with van der Waals surface area (Å²) in [6.45, 7) is 5.40. The quantitative estimate of drug-likeness (QED) is 0.182. The summed E-state index contributed by atoms with van der Waals surface area (Å²) in [5.74, 6) is 1.52. The molecule has 10 heteroatoms. The number of carbonyl (C=O) groups is 2. The highest BCUT2D eigenvalue weighted by molar-refractivity contribution is 6.00. The van der Waals surface area contributed by atoms with Gasteiger partial charge >= 0.3 is 6.03 Å². The summed E-state index contributed by atoms with van der Waals surface area (Å²) < 4.78 is 25.8. The molecular weight excluding hydrogens is 599 g/mol. The van der Waals surface area contributed by atoms with Gasteiger partial charge in [0.2, 0.25) is 5.91 Å². The van der Waals surface area contributed by atoms with Gasteiger partial charge in [-0.05, 0) is 86.3 Å². The van der Waals surface area contributed by atoms with Gasteiger partial charge in [0.25, 0.3) is 0 Å². The molecule has 1 heterocycles. The molecule has 9 nitrogen and oxygen atoms in total. The average Bonchev–Trinajstić information content (AvgIpc) is 3.10. The van der Waals surface area contributed by atoms with E-state index in [0.717, 1.165) is 17.1 Å². The Morgan fingerprint density at radius 3 is 2.36 bits per heavy atom. The molecule has 5 rings (SSSR count). The minimum atomic E-state index is -0.504.